The predicted octanol–water partition coefficient (Wildman–Crippen LogP) is 3.01. The van der Waals surface area contributed by atoms with Crippen molar-refractivity contribution in [3.05, 3.63) is 75.4 Å². The number of imidazole rings is 1. The summed E-state index contributed by atoms with van der Waals surface area (Å²) >= 11 is 0. The highest BCUT2D eigenvalue weighted by molar-refractivity contribution is 5.77. The summed E-state index contributed by atoms with van der Waals surface area (Å²) in [6.07, 6.45) is 0. The van der Waals surface area contributed by atoms with E-state index in [0.29, 0.717) is 29.6 Å². The van der Waals surface area contributed by atoms with Crippen molar-refractivity contribution in [2.75, 3.05) is 11.4 Å². The molecule has 0 bridgehead atoms. The van der Waals surface area contributed by atoms with Crippen LogP contribution in [0.15, 0.2) is 64.2 Å². The first kappa shape index (κ1) is 19.2. The van der Waals surface area contributed by atoms with Crippen molar-refractivity contribution in [2.24, 2.45) is 20.0 Å². The van der Waals surface area contributed by atoms with Gasteiger partial charge in [0.25, 0.3) is 5.56 Å². The van der Waals surface area contributed by atoms with E-state index in [9.17, 15) is 9.59 Å². The molecule has 0 N–H and O–H groups in total. The number of aryl methyl sites for hydroxylation is 1. The first-order valence-electron chi connectivity index (χ1n) is 10.2. The van der Waals surface area contributed by atoms with Crippen LogP contribution in [0.1, 0.15) is 6.92 Å². The molecule has 8 heteroatoms. The van der Waals surface area contributed by atoms with E-state index in [1.807, 2.05) is 59.2 Å². The predicted molar refractivity (Wildman–Crippen MR) is 119 cm³/mol. The molecule has 2 aromatic heterocycles. The second-order valence-electron chi connectivity index (χ2n) is 8.03. The molecule has 0 spiro atoms. The van der Waals surface area contributed by atoms with Gasteiger partial charge in [-0.1, -0.05) is 25.1 Å². The second-order valence-corrected chi connectivity index (χ2v) is 8.03. The lowest BCUT2D eigenvalue weighted by molar-refractivity contribution is 0.457. The van der Waals surface area contributed by atoms with Crippen LogP contribution in [-0.2, 0) is 20.6 Å². The third-order valence-electron chi connectivity index (χ3n) is 5.69. The van der Waals surface area contributed by atoms with Crippen molar-refractivity contribution in [1.82, 2.24) is 18.7 Å². The number of para-hydroxylation sites is 1. The Morgan fingerprint density at radius 1 is 0.903 bits per heavy atom. The van der Waals surface area contributed by atoms with Gasteiger partial charge >= 0.3 is 5.69 Å². The molecule has 31 heavy (non-hydrogen) atoms. The zero-order valence-corrected chi connectivity index (χ0v) is 17.6. The summed E-state index contributed by atoms with van der Waals surface area (Å²) < 4.78 is 10.4. The molecule has 0 fully saturated rings. The zero-order valence-electron chi connectivity index (χ0n) is 17.6. The van der Waals surface area contributed by atoms with Crippen molar-refractivity contribution >= 4 is 22.8 Å². The standard InChI is InChI=1S/C23H23N5O3/c1-15-13-27(16-9-11-18(12-10-16)31-17-7-5-4-6-8-17)22-24-20-19(28(22)14-15)21(29)26(3)23(30)25(20)2/h4-12,15H,13-14H2,1-3H3. The fourth-order valence-electron chi connectivity index (χ4n) is 4.12. The minimum Gasteiger partial charge on any atom is -0.457 e. The Balaban J connectivity index is 1.58. The average molecular weight is 417 g/mol. The van der Waals surface area contributed by atoms with Gasteiger partial charge in [0, 0.05) is 32.9 Å². The van der Waals surface area contributed by atoms with E-state index in [1.165, 1.54) is 11.6 Å². The van der Waals surface area contributed by atoms with Crippen LogP contribution in [0.5, 0.6) is 11.5 Å². The monoisotopic (exact) mass is 417 g/mol. The van der Waals surface area contributed by atoms with Crippen LogP contribution in [0.2, 0.25) is 0 Å². The summed E-state index contributed by atoms with van der Waals surface area (Å²) in [4.78, 5) is 32.0. The maximum atomic E-state index is 12.9. The molecule has 2 aromatic carbocycles. The van der Waals surface area contributed by atoms with Crippen molar-refractivity contribution < 1.29 is 4.74 Å². The van der Waals surface area contributed by atoms with E-state index in [0.717, 1.165) is 28.3 Å². The van der Waals surface area contributed by atoms with Gasteiger partial charge in [-0.3, -0.25) is 13.9 Å². The van der Waals surface area contributed by atoms with Gasteiger partial charge in [-0.15, -0.1) is 0 Å². The van der Waals surface area contributed by atoms with E-state index in [4.69, 9.17) is 9.72 Å². The number of hydrogen-bond donors (Lipinski definition) is 0. The van der Waals surface area contributed by atoms with E-state index in [-0.39, 0.29) is 11.2 Å². The molecule has 3 heterocycles. The molecule has 1 aliphatic heterocycles. The number of hydrogen-bond acceptors (Lipinski definition) is 5. The van der Waals surface area contributed by atoms with Crippen molar-refractivity contribution in [2.45, 2.75) is 13.5 Å². The van der Waals surface area contributed by atoms with E-state index < -0.39 is 0 Å². The first-order chi connectivity index (χ1) is 14.9. The maximum absolute atomic E-state index is 12.9. The second kappa shape index (κ2) is 7.16. The van der Waals surface area contributed by atoms with Crippen LogP contribution in [-0.4, -0.2) is 25.2 Å². The molecule has 4 aromatic rings. The molecule has 158 valence electrons. The number of benzene rings is 2. The van der Waals surface area contributed by atoms with Gasteiger partial charge in [0.2, 0.25) is 5.95 Å². The van der Waals surface area contributed by atoms with Gasteiger partial charge in [0.05, 0.1) is 0 Å². The lowest BCUT2D eigenvalue weighted by Crippen LogP contribution is -2.38. The molecule has 0 saturated carbocycles. The third-order valence-corrected chi connectivity index (χ3v) is 5.69. The lowest BCUT2D eigenvalue weighted by Gasteiger charge is -2.33. The molecule has 1 unspecified atom stereocenters. The highest BCUT2D eigenvalue weighted by Crippen LogP contribution is 2.34. The molecule has 5 rings (SSSR count). The summed E-state index contributed by atoms with van der Waals surface area (Å²) in [6, 6.07) is 17.4. The number of fused-ring (bicyclic) bond motifs is 3. The van der Waals surface area contributed by atoms with E-state index in [2.05, 4.69) is 11.8 Å². The normalized spacial score (nSPS) is 15.8. The van der Waals surface area contributed by atoms with Crippen LogP contribution in [0.4, 0.5) is 11.6 Å². The van der Waals surface area contributed by atoms with Crippen LogP contribution in [0.25, 0.3) is 11.2 Å². The molecule has 1 aliphatic rings. The van der Waals surface area contributed by atoms with Gasteiger partial charge in [0.1, 0.15) is 11.5 Å². The summed E-state index contributed by atoms with van der Waals surface area (Å²) in [7, 11) is 3.14. The van der Waals surface area contributed by atoms with Crippen LogP contribution >= 0.6 is 0 Å². The van der Waals surface area contributed by atoms with Gasteiger partial charge in [-0.2, -0.15) is 4.98 Å². The fraction of sp³-hybridized carbons (Fsp3) is 0.261. The van der Waals surface area contributed by atoms with Crippen molar-refractivity contribution in [3.63, 3.8) is 0 Å². The summed E-state index contributed by atoms with van der Waals surface area (Å²) in [6.45, 7) is 3.57. The minimum atomic E-state index is -0.380. The molecule has 0 aliphatic carbocycles. The Kier molecular flexibility index (Phi) is 4.43. The Morgan fingerprint density at radius 3 is 2.29 bits per heavy atom. The van der Waals surface area contributed by atoms with E-state index >= 15 is 0 Å². The molecule has 8 nitrogen and oxygen atoms in total. The smallest absolute Gasteiger partial charge is 0.332 e. The number of anilines is 2. The number of ether oxygens (including phenoxy) is 1. The summed E-state index contributed by atoms with van der Waals surface area (Å²) in [5.74, 6) is 2.49. The van der Waals surface area contributed by atoms with Gasteiger partial charge in [-0.25, -0.2) is 4.79 Å². The number of rotatable bonds is 3. The molecule has 0 radical (unpaired) electrons. The van der Waals surface area contributed by atoms with Gasteiger partial charge in [0.15, 0.2) is 11.2 Å². The molecule has 0 saturated heterocycles. The zero-order chi connectivity index (χ0) is 21.7. The lowest BCUT2D eigenvalue weighted by atomic mass is 10.1. The van der Waals surface area contributed by atoms with Gasteiger partial charge < -0.3 is 14.2 Å². The molecule has 0 amide bonds. The Labute approximate surface area is 178 Å². The highest BCUT2D eigenvalue weighted by Gasteiger charge is 2.29. The molecular formula is C23H23N5O3. The Morgan fingerprint density at radius 2 is 1.58 bits per heavy atom. The Hall–Kier alpha value is -3.81. The molecular weight excluding hydrogens is 394 g/mol. The van der Waals surface area contributed by atoms with E-state index in [1.54, 1.807) is 7.05 Å². The van der Waals surface area contributed by atoms with Gasteiger partial charge in [-0.05, 0) is 42.3 Å². The van der Waals surface area contributed by atoms with Crippen molar-refractivity contribution in [3.8, 4) is 11.5 Å². The summed E-state index contributed by atoms with van der Waals surface area (Å²) in [5, 5.41) is 0. The van der Waals surface area contributed by atoms with Crippen LogP contribution < -0.4 is 20.9 Å². The largest absolute Gasteiger partial charge is 0.457 e. The topological polar surface area (TPSA) is 74.3 Å². The van der Waals surface area contributed by atoms with Crippen molar-refractivity contribution in [1.29, 1.82) is 0 Å². The average Bonchev–Trinajstić information content (AvgIpc) is 3.16. The van der Waals surface area contributed by atoms with Crippen LogP contribution in [0, 0.1) is 5.92 Å². The maximum Gasteiger partial charge on any atom is 0.332 e. The molecule has 1 atom stereocenters. The first-order valence-corrected chi connectivity index (χ1v) is 10.2. The Bertz CT molecular complexity index is 1380. The SMILES string of the molecule is CC1CN(c2ccc(Oc3ccccc3)cc2)c2nc3c(c(=O)n(C)c(=O)n3C)n2C1. The van der Waals surface area contributed by atoms with Crippen LogP contribution in [0.3, 0.4) is 0 Å². The third kappa shape index (κ3) is 3.11. The highest BCUT2D eigenvalue weighted by atomic mass is 16.5. The fourth-order valence-corrected chi connectivity index (χ4v) is 4.12. The quantitative estimate of drug-likeness (QED) is 0.512. The minimum absolute atomic E-state index is 0.298. The number of aromatic nitrogens is 4. The summed E-state index contributed by atoms with van der Waals surface area (Å²) in [5.41, 5.74) is 1.12. The number of nitrogens with zero attached hydrogens (tertiary/aromatic N) is 5.